The number of hydrogen-bond acceptors (Lipinski definition) is 4. The topological polar surface area (TPSA) is 55.3 Å². The largest absolute Gasteiger partial charge is 0.361 e. The van der Waals surface area contributed by atoms with Crippen LogP contribution in [0.4, 0.5) is 0 Å². The van der Waals surface area contributed by atoms with Gasteiger partial charge in [0.15, 0.2) is 0 Å². The SMILES string of the molecule is CCN1CCC(Cc2oncc2CN)C1. The highest BCUT2D eigenvalue weighted by Crippen LogP contribution is 2.22. The van der Waals surface area contributed by atoms with E-state index in [2.05, 4.69) is 17.0 Å². The second-order valence-corrected chi connectivity index (χ2v) is 4.23. The Bertz CT molecular complexity index is 311. The number of aromatic nitrogens is 1. The fraction of sp³-hybridized carbons (Fsp3) is 0.727. The molecule has 0 aliphatic carbocycles. The van der Waals surface area contributed by atoms with E-state index in [1.165, 1.54) is 19.5 Å². The van der Waals surface area contributed by atoms with Crippen LogP contribution < -0.4 is 5.73 Å². The van der Waals surface area contributed by atoms with Gasteiger partial charge in [0, 0.05) is 25.1 Å². The molecule has 0 saturated carbocycles. The van der Waals surface area contributed by atoms with E-state index in [4.69, 9.17) is 10.3 Å². The van der Waals surface area contributed by atoms with Crippen LogP contribution in [-0.4, -0.2) is 29.7 Å². The van der Waals surface area contributed by atoms with Gasteiger partial charge in [-0.2, -0.15) is 0 Å². The van der Waals surface area contributed by atoms with Gasteiger partial charge in [0.25, 0.3) is 0 Å². The molecule has 15 heavy (non-hydrogen) atoms. The number of likely N-dealkylation sites (tertiary alicyclic amines) is 1. The molecular weight excluding hydrogens is 190 g/mol. The van der Waals surface area contributed by atoms with Crippen LogP contribution in [0.5, 0.6) is 0 Å². The molecule has 4 heteroatoms. The average Bonchev–Trinajstić information content (AvgIpc) is 2.87. The summed E-state index contributed by atoms with van der Waals surface area (Å²) in [6, 6.07) is 0. The quantitative estimate of drug-likeness (QED) is 0.804. The van der Waals surface area contributed by atoms with Crippen LogP contribution >= 0.6 is 0 Å². The third kappa shape index (κ3) is 2.38. The van der Waals surface area contributed by atoms with Gasteiger partial charge in [0.1, 0.15) is 5.76 Å². The minimum Gasteiger partial charge on any atom is -0.361 e. The lowest BCUT2D eigenvalue weighted by atomic mass is 10.0. The van der Waals surface area contributed by atoms with E-state index in [0.29, 0.717) is 12.5 Å². The number of hydrogen-bond donors (Lipinski definition) is 1. The van der Waals surface area contributed by atoms with Crippen molar-refractivity contribution in [2.75, 3.05) is 19.6 Å². The molecule has 1 aliphatic heterocycles. The Labute approximate surface area is 90.4 Å². The first-order valence-corrected chi connectivity index (χ1v) is 5.68. The summed E-state index contributed by atoms with van der Waals surface area (Å²) in [6.07, 6.45) is 3.99. The number of nitrogens with zero attached hydrogens (tertiary/aromatic N) is 2. The van der Waals surface area contributed by atoms with Gasteiger partial charge in [-0.15, -0.1) is 0 Å². The molecule has 1 unspecified atom stereocenters. The Kier molecular flexibility index (Phi) is 3.38. The zero-order chi connectivity index (χ0) is 10.7. The van der Waals surface area contributed by atoms with E-state index >= 15 is 0 Å². The second kappa shape index (κ2) is 4.77. The maximum absolute atomic E-state index is 5.61. The van der Waals surface area contributed by atoms with E-state index in [1.807, 2.05) is 0 Å². The van der Waals surface area contributed by atoms with Crippen LogP contribution in [0.15, 0.2) is 10.7 Å². The Morgan fingerprint density at radius 1 is 1.67 bits per heavy atom. The van der Waals surface area contributed by atoms with Gasteiger partial charge in [-0.1, -0.05) is 12.1 Å². The van der Waals surface area contributed by atoms with Gasteiger partial charge in [-0.05, 0) is 25.4 Å². The first-order valence-electron chi connectivity index (χ1n) is 5.68. The maximum Gasteiger partial charge on any atom is 0.141 e. The second-order valence-electron chi connectivity index (χ2n) is 4.23. The smallest absolute Gasteiger partial charge is 0.141 e. The Morgan fingerprint density at radius 2 is 2.53 bits per heavy atom. The molecule has 1 atom stereocenters. The standard InChI is InChI=1S/C11H19N3O/c1-2-14-4-3-9(8-14)5-11-10(6-12)7-13-15-11/h7,9H,2-6,8,12H2,1H3. The molecule has 1 aliphatic rings. The lowest BCUT2D eigenvalue weighted by molar-refractivity contribution is 0.325. The normalized spacial score (nSPS) is 22.4. The van der Waals surface area contributed by atoms with E-state index < -0.39 is 0 Å². The molecule has 2 heterocycles. The molecule has 84 valence electrons. The molecule has 0 radical (unpaired) electrons. The van der Waals surface area contributed by atoms with Crippen molar-refractivity contribution in [1.82, 2.24) is 10.1 Å². The van der Waals surface area contributed by atoms with Crippen LogP contribution in [-0.2, 0) is 13.0 Å². The fourth-order valence-electron chi connectivity index (χ4n) is 2.25. The molecule has 0 amide bonds. The third-order valence-corrected chi connectivity index (χ3v) is 3.24. The van der Waals surface area contributed by atoms with Crippen LogP contribution in [0, 0.1) is 5.92 Å². The lowest BCUT2D eigenvalue weighted by Crippen LogP contribution is -2.20. The minimum absolute atomic E-state index is 0.531. The Hall–Kier alpha value is -0.870. The molecule has 0 aromatic carbocycles. The highest BCUT2D eigenvalue weighted by Gasteiger charge is 2.23. The highest BCUT2D eigenvalue weighted by atomic mass is 16.5. The highest BCUT2D eigenvalue weighted by molar-refractivity contribution is 5.13. The molecule has 2 N–H and O–H groups in total. The van der Waals surface area contributed by atoms with Crippen molar-refractivity contribution in [2.24, 2.45) is 11.7 Å². The molecule has 1 fully saturated rings. The van der Waals surface area contributed by atoms with Gasteiger partial charge < -0.3 is 15.2 Å². The molecule has 2 rings (SSSR count). The van der Waals surface area contributed by atoms with Gasteiger partial charge in [-0.3, -0.25) is 0 Å². The average molecular weight is 209 g/mol. The van der Waals surface area contributed by atoms with Gasteiger partial charge in [-0.25, -0.2) is 0 Å². The van der Waals surface area contributed by atoms with Crippen LogP contribution in [0.3, 0.4) is 0 Å². The molecule has 0 spiro atoms. The monoisotopic (exact) mass is 209 g/mol. The number of rotatable bonds is 4. The van der Waals surface area contributed by atoms with E-state index in [1.54, 1.807) is 6.20 Å². The fourth-order valence-corrected chi connectivity index (χ4v) is 2.25. The lowest BCUT2D eigenvalue weighted by Gasteiger charge is -2.12. The van der Waals surface area contributed by atoms with Crippen molar-refractivity contribution < 1.29 is 4.52 Å². The molecule has 4 nitrogen and oxygen atoms in total. The molecule has 1 aromatic rings. The summed E-state index contributed by atoms with van der Waals surface area (Å²) in [7, 11) is 0. The van der Waals surface area contributed by atoms with E-state index in [0.717, 1.165) is 24.3 Å². The first-order chi connectivity index (χ1) is 7.33. The molecule has 0 bridgehead atoms. The van der Waals surface area contributed by atoms with Crippen LogP contribution in [0.2, 0.25) is 0 Å². The van der Waals surface area contributed by atoms with E-state index in [-0.39, 0.29) is 0 Å². The van der Waals surface area contributed by atoms with Gasteiger partial charge in [0.05, 0.1) is 6.20 Å². The summed E-state index contributed by atoms with van der Waals surface area (Å²) in [5.74, 6) is 1.70. The van der Waals surface area contributed by atoms with Gasteiger partial charge in [0.2, 0.25) is 0 Å². The van der Waals surface area contributed by atoms with Crippen molar-refractivity contribution in [2.45, 2.75) is 26.3 Å². The van der Waals surface area contributed by atoms with Crippen molar-refractivity contribution in [3.63, 3.8) is 0 Å². The molecular formula is C11H19N3O. The minimum atomic E-state index is 0.531. The molecule has 1 saturated heterocycles. The van der Waals surface area contributed by atoms with Crippen molar-refractivity contribution in [3.05, 3.63) is 17.5 Å². The first kappa shape index (κ1) is 10.6. The van der Waals surface area contributed by atoms with Crippen molar-refractivity contribution in [3.8, 4) is 0 Å². The predicted molar refractivity (Wildman–Crippen MR) is 58.3 cm³/mol. The Balaban J connectivity index is 1.92. The third-order valence-electron chi connectivity index (χ3n) is 3.24. The van der Waals surface area contributed by atoms with Crippen LogP contribution in [0.1, 0.15) is 24.7 Å². The summed E-state index contributed by atoms with van der Waals surface area (Å²) >= 11 is 0. The van der Waals surface area contributed by atoms with Crippen molar-refractivity contribution in [1.29, 1.82) is 0 Å². The summed E-state index contributed by atoms with van der Waals surface area (Å²) in [5.41, 5.74) is 6.67. The van der Waals surface area contributed by atoms with Crippen molar-refractivity contribution >= 4 is 0 Å². The molecule has 1 aromatic heterocycles. The summed E-state index contributed by atoms with van der Waals surface area (Å²) in [5, 5.41) is 3.81. The predicted octanol–water partition coefficient (Wildman–Crippen LogP) is 1.02. The zero-order valence-corrected chi connectivity index (χ0v) is 9.28. The van der Waals surface area contributed by atoms with Crippen LogP contribution in [0.25, 0.3) is 0 Å². The number of nitrogens with two attached hydrogens (primary N) is 1. The summed E-state index contributed by atoms with van der Waals surface area (Å²) in [6.45, 7) is 6.29. The van der Waals surface area contributed by atoms with E-state index in [9.17, 15) is 0 Å². The summed E-state index contributed by atoms with van der Waals surface area (Å²) in [4.78, 5) is 2.48. The Morgan fingerprint density at radius 3 is 3.20 bits per heavy atom. The van der Waals surface area contributed by atoms with Gasteiger partial charge >= 0.3 is 0 Å². The zero-order valence-electron chi connectivity index (χ0n) is 9.28. The summed E-state index contributed by atoms with van der Waals surface area (Å²) < 4.78 is 5.24. The maximum atomic E-state index is 5.61.